The fourth-order valence-corrected chi connectivity index (χ4v) is 2.19. The number of halogens is 4. The largest absolute Gasteiger partial charge is 0.350 e. The molecule has 82 valence electrons. The van der Waals surface area contributed by atoms with E-state index in [0.29, 0.717) is 5.82 Å². The van der Waals surface area contributed by atoms with Gasteiger partial charge in [-0.2, -0.15) is 4.98 Å². The standard InChI is InChI=1S/C8H7ClF2IN3/c9-8-13-1-6(12)7(14-8)15-2-4(10)5(11)3-15/h1,4-5H,2-3H2/t4-,5-/m0/s1. The van der Waals surface area contributed by atoms with Gasteiger partial charge in [-0.3, -0.25) is 0 Å². The van der Waals surface area contributed by atoms with Gasteiger partial charge in [0.15, 0.2) is 12.3 Å². The van der Waals surface area contributed by atoms with Gasteiger partial charge >= 0.3 is 0 Å². The molecule has 3 nitrogen and oxygen atoms in total. The van der Waals surface area contributed by atoms with Gasteiger partial charge in [-0.25, -0.2) is 13.8 Å². The number of nitrogens with zero attached hydrogens (tertiary/aromatic N) is 3. The van der Waals surface area contributed by atoms with Crippen molar-refractivity contribution in [3.05, 3.63) is 15.1 Å². The second-order valence-electron chi connectivity index (χ2n) is 3.25. The Morgan fingerprint density at radius 1 is 1.40 bits per heavy atom. The van der Waals surface area contributed by atoms with Crippen LogP contribution in [0.5, 0.6) is 0 Å². The van der Waals surface area contributed by atoms with Gasteiger partial charge in [-0.05, 0) is 34.2 Å². The fourth-order valence-electron chi connectivity index (χ4n) is 1.46. The smallest absolute Gasteiger partial charge is 0.224 e. The van der Waals surface area contributed by atoms with Crippen LogP contribution in [-0.2, 0) is 0 Å². The molecule has 0 aromatic carbocycles. The highest BCUT2D eigenvalue weighted by Crippen LogP contribution is 2.26. The van der Waals surface area contributed by atoms with E-state index in [-0.39, 0.29) is 18.4 Å². The lowest BCUT2D eigenvalue weighted by Crippen LogP contribution is -2.22. The van der Waals surface area contributed by atoms with E-state index in [0.717, 1.165) is 3.57 Å². The molecule has 1 saturated heterocycles. The zero-order chi connectivity index (χ0) is 11.0. The molecule has 2 atom stereocenters. The topological polar surface area (TPSA) is 29.0 Å². The molecule has 1 aromatic rings. The number of hydrogen-bond donors (Lipinski definition) is 0. The van der Waals surface area contributed by atoms with E-state index in [1.807, 2.05) is 22.6 Å². The van der Waals surface area contributed by atoms with Gasteiger partial charge in [0, 0.05) is 6.20 Å². The summed E-state index contributed by atoms with van der Waals surface area (Å²) in [4.78, 5) is 9.29. The van der Waals surface area contributed by atoms with Gasteiger partial charge < -0.3 is 4.90 Å². The summed E-state index contributed by atoms with van der Waals surface area (Å²) < 4.78 is 26.7. The Bertz CT molecular complexity index is 369. The molecule has 1 fully saturated rings. The molecule has 2 rings (SSSR count). The highest BCUT2D eigenvalue weighted by molar-refractivity contribution is 14.1. The zero-order valence-electron chi connectivity index (χ0n) is 7.50. The summed E-state index contributed by atoms with van der Waals surface area (Å²) in [5, 5.41) is 0.0862. The third kappa shape index (κ3) is 2.30. The molecule has 0 bridgehead atoms. The minimum absolute atomic E-state index is 0.0184. The van der Waals surface area contributed by atoms with E-state index in [9.17, 15) is 8.78 Å². The molecule has 0 unspecified atom stereocenters. The Hall–Kier alpha value is -0.240. The quantitative estimate of drug-likeness (QED) is 0.577. The molecule has 15 heavy (non-hydrogen) atoms. The molecule has 0 radical (unpaired) electrons. The van der Waals surface area contributed by atoms with Crippen LogP contribution in [0, 0.1) is 3.57 Å². The number of rotatable bonds is 1. The van der Waals surface area contributed by atoms with Crippen LogP contribution in [0.2, 0.25) is 5.28 Å². The van der Waals surface area contributed by atoms with E-state index in [1.165, 1.54) is 6.20 Å². The van der Waals surface area contributed by atoms with Crippen molar-refractivity contribution in [1.82, 2.24) is 9.97 Å². The first-order valence-electron chi connectivity index (χ1n) is 4.29. The van der Waals surface area contributed by atoms with Crippen LogP contribution in [0.15, 0.2) is 6.20 Å². The van der Waals surface area contributed by atoms with Gasteiger partial charge in [0.1, 0.15) is 5.82 Å². The summed E-state index contributed by atoms with van der Waals surface area (Å²) in [7, 11) is 0. The molecule has 0 amide bonds. The molecule has 1 aliphatic rings. The Balaban J connectivity index is 2.27. The number of anilines is 1. The van der Waals surface area contributed by atoms with Gasteiger partial charge in [0.05, 0.1) is 16.7 Å². The molecule has 1 aromatic heterocycles. The summed E-state index contributed by atoms with van der Waals surface area (Å²) >= 11 is 7.64. The normalized spacial score (nSPS) is 26.0. The fraction of sp³-hybridized carbons (Fsp3) is 0.500. The third-order valence-corrected chi connectivity index (χ3v) is 3.12. The molecular formula is C8H7ClF2IN3. The monoisotopic (exact) mass is 345 g/mol. The van der Waals surface area contributed by atoms with Crippen LogP contribution >= 0.6 is 34.2 Å². The van der Waals surface area contributed by atoms with Crippen LogP contribution in [0.4, 0.5) is 14.6 Å². The maximum Gasteiger partial charge on any atom is 0.224 e. The summed E-state index contributed by atoms with van der Waals surface area (Å²) in [6.07, 6.45) is -1.37. The van der Waals surface area contributed by atoms with Crippen molar-refractivity contribution in [3.63, 3.8) is 0 Å². The predicted octanol–water partition coefficient (Wildman–Crippen LogP) is 2.23. The Kier molecular flexibility index (Phi) is 3.24. The number of hydrogen-bond acceptors (Lipinski definition) is 3. The van der Waals surface area contributed by atoms with Gasteiger partial charge in [0.25, 0.3) is 0 Å². The van der Waals surface area contributed by atoms with Crippen molar-refractivity contribution in [2.45, 2.75) is 12.3 Å². The summed E-state index contributed by atoms with van der Waals surface area (Å²) in [5.41, 5.74) is 0. The zero-order valence-corrected chi connectivity index (χ0v) is 10.4. The molecular weight excluding hydrogens is 338 g/mol. The molecule has 0 aliphatic carbocycles. The van der Waals surface area contributed by atoms with Gasteiger partial charge in [-0.15, -0.1) is 0 Å². The van der Waals surface area contributed by atoms with E-state index < -0.39 is 12.3 Å². The maximum absolute atomic E-state index is 13.0. The Morgan fingerprint density at radius 2 is 2.00 bits per heavy atom. The first kappa shape index (κ1) is 11.3. The highest BCUT2D eigenvalue weighted by atomic mass is 127. The van der Waals surface area contributed by atoms with Crippen LogP contribution in [0.3, 0.4) is 0 Å². The van der Waals surface area contributed by atoms with Crippen molar-refractivity contribution in [2.24, 2.45) is 0 Å². The van der Waals surface area contributed by atoms with E-state index in [4.69, 9.17) is 11.6 Å². The third-order valence-electron chi connectivity index (χ3n) is 2.18. The summed E-state index contributed by atoms with van der Waals surface area (Å²) in [5.74, 6) is 0.499. The van der Waals surface area contributed by atoms with E-state index >= 15 is 0 Å². The highest BCUT2D eigenvalue weighted by Gasteiger charge is 2.34. The number of aromatic nitrogens is 2. The Labute approximate surface area is 104 Å². The minimum Gasteiger partial charge on any atom is -0.350 e. The average molecular weight is 346 g/mol. The second kappa shape index (κ2) is 4.32. The Morgan fingerprint density at radius 3 is 2.60 bits per heavy atom. The molecule has 2 heterocycles. The summed E-state index contributed by atoms with van der Waals surface area (Å²) in [6, 6.07) is 0. The SMILES string of the molecule is F[C@H]1CN(c2nc(Cl)ncc2I)C[C@@H]1F. The average Bonchev–Trinajstić information content (AvgIpc) is 2.51. The lowest BCUT2D eigenvalue weighted by atomic mass is 10.3. The molecule has 0 spiro atoms. The van der Waals surface area contributed by atoms with Gasteiger partial charge in [-0.1, -0.05) is 0 Å². The van der Waals surface area contributed by atoms with Gasteiger partial charge in [0.2, 0.25) is 5.28 Å². The number of alkyl halides is 2. The lowest BCUT2D eigenvalue weighted by molar-refractivity contribution is 0.217. The van der Waals surface area contributed by atoms with Crippen LogP contribution in [-0.4, -0.2) is 35.4 Å². The molecule has 7 heteroatoms. The van der Waals surface area contributed by atoms with Crippen LogP contribution in [0.1, 0.15) is 0 Å². The second-order valence-corrected chi connectivity index (χ2v) is 4.75. The molecule has 0 N–H and O–H groups in total. The van der Waals surface area contributed by atoms with Crippen molar-refractivity contribution in [1.29, 1.82) is 0 Å². The first-order valence-corrected chi connectivity index (χ1v) is 5.74. The van der Waals surface area contributed by atoms with Crippen molar-refractivity contribution < 1.29 is 8.78 Å². The van der Waals surface area contributed by atoms with Crippen LogP contribution < -0.4 is 4.90 Å². The molecule has 1 aliphatic heterocycles. The minimum atomic E-state index is -1.45. The van der Waals surface area contributed by atoms with E-state index in [2.05, 4.69) is 9.97 Å². The van der Waals surface area contributed by atoms with Crippen molar-refractivity contribution in [2.75, 3.05) is 18.0 Å². The lowest BCUT2D eigenvalue weighted by Gasteiger charge is -2.17. The first-order chi connectivity index (χ1) is 7.08. The molecule has 0 saturated carbocycles. The van der Waals surface area contributed by atoms with E-state index in [1.54, 1.807) is 4.90 Å². The maximum atomic E-state index is 13.0. The van der Waals surface area contributed by atoms with Crippen LogP contribution in [0.25, 0.3) is 0 Å². The predicted molar refractivity (Wildman–Crippen MR) is 61.8 cm³/mol. The summed E-state index contributed by atoms with van der Waals surface area (Å²) in [6.45, 7) is 0.0367. The van der Waals surface area contributed by atoms with Crippen molar-refractivity contribution in [3.8, 4) is 0 Å². The van der Waals surface area contributed by atoms with Crippen molar-refractivity contribution >= 4 is 40.0 Å².